The minimum absolute atomic E-state index is 0.189. The maximum atomic E-state index is 10.5. The summed E-state index contributed by atoms with van der Waals surface area (Å²) in [5.41, 5.74) is 3.26. The van der Waals surface area contributed by atoms with Crippen molar-refractivity contribution in [3.05, 3.63) is 53.0 Å². The quantitative estimate of drug-likeness (QED) is 0.469. The lowest BCUT2D eigenvalue weighted by atomic mass is 10.0. The van der Waals surface area contributed by atoms with E-state index in [2.05, 4.69) is 33.2 Å². The first-order valence-corrected chi connectivity index (χ1v) is 11.7. The zero-order valence-electron chi connectivity index (χ0n) is 18.0. The summed E-state index contributed by atoms with van der Waals surface area (Å²) in [5, 5.41) is 14.0. The summed E-state index contributed by atoms with van der Waals surface area (Å²) in [6, 6.07) is 15.9. The smallest absolute Gasteiger partial charge is 0.231 e. The second kappa shape index (κ2) is 9.00. The highest BCUT2D eigenvalue weighted by molar-refractivity contribution is 9.10. The SMILES string of the molecule is CN1CCCC1CCNc1cc(-c2cccc3c2OCO3)cc(-c2cc(Br)ccc2O)n1. The van der Waals surface area contributed by atoms with Crippen molar-refractivity contribution < 1.29 is 14.6 Å². The molecule has 2 N–H and O–H groups in total. The van der Waals surface area contributed by atoms with Gasteiger partial charge in [0.05, 0.1) is 5.69 Å². The number of phenols is 1. The second-order valence-corrected chi connectivity index (χ2v) is 9.23. The van der Waals surface area contributed by atoms with Gasteiger partial charge in [0, 0.05) is 28.2 Å². The van der Waals surface area contributed by atoms with Crippen LogP contribution in [0.5, 0.6) is 17.2 Å². The maximum Gasteiger partial charge on any atom is 0.231 e. The first-order valence-electron chi connectivity index (χ1n) is 10.9. The Bertz CT molecular complexity index is 1140. The lowest BCUT2D eigenvalue weighted by molar-refractivity contribution is 0.174. The molecule has 32 heavy (non-hydrogen) atoms. The predicted molar refractivity (Wildman–Crippen MR) is 129 cm³/mol. The van der Waals surface area contributed by atoms with E-state index in [-0.39, 0.29) is 12.5 Å². The van der Waals surface area contributed by atoms with E-state index in [1.54, 1.807) is 6.07 Å². The third kappa shape index (κ3) is 4.27. The van der Waals surface area contributed by atoms with Gasteiger partial charge in [0.1, 0.15) is 11.6 Å². The Kier molecular flexibility index (Phi) is 5.93. The topological polar surface area (TPSA) is 66.9 Å². The minimum atomic E-state index is 0.189. The number of pyridine rings is 1. The van der Waals surface area contributed by atoms with E-state index in [4.69, 9.17) is 14.5 Å². The third-order valence-corrected chi connectivity index (χ3v) is 6.72. The molecule has 0 amide bonds. The van der Waals surface area contributed by atoms with Crippen molar-refractivity contribution in [2.45, 2.75) is 25.3 Å². The second-order valence-electron chi connectivity index (χ2n) is 8.32. The van der Waals surface area contributed by atoms with Gasteiger partial charge in [-0.05, 0) is 74.8 Å². The van der Waals surface area contributed by atoms with Crippen molar-refractivity contribution in [1.29, 1.82) is 0 Å². The molecule has 0 aliphatic carbocycles. The van der Waals surface area contributed by atoms with E-state index in [0.29, 0.717) is 17.3 Å². The van der Waals surface area contributed by atoms with Crippen LogP contribution >= 0.6 is 15.9 Å². The maximum absolute atomic E-state index is 10.5. The van der Waals surface area contributed by atoms with Crippen LogP contribution in [0.25, 0.3) is 22.4 Å². The largest absolute Gasteiger partial charge is 0.507 e. The number of fused-ring (bicyclic) bond motifs is 1. The number of benzene rings is 2. The van der Waals surface area contributed by atoms with Crippen LogP contribution in [-0.4, -0.2) is 48.0 Å². The van der Waals surface area contributed by atoms with Crippen LogP contribution in [0.1, 0.15) is 19.3 Å². The molecule has 166 valence electrons. The van der Waals surface area contributed by atoms with Gasteiger partial charge in [-0.2, -0.15) is 0 Å². The molecule has 7 heteroatoms. The van der Waals surface area contributed by atoms with Crippen LogP contribution < -0.4 is 14.8 Å². The number of anilines is 1. The molecule has 5 rings (SSSR count). The van der Waals surface area contributed by atoms with Gasteiger partial charge in [0.2, 0.25) is 6.79 Å². The zero-order chi connectivity index (χ0) is 22.1. The Morgan fingerprint density at radius 2 is 2.06 bits per heavy atom. The molecule has 1 fully saturated rings. The van der Waals surface area contributed by atoms with Crippen LogP contribution in [0.4, 0.5) is 5.82 Å². The Labute approximate surface area is 196 Å². The van der Waals surface area contributed by atoms with Crippen LogP contribution in [0.2, 0.25) is 0 Å². The summed E-state index contributed by atoms with van der Waals surface area (Å²) < 4.78 is 12.2. The van der Waals surface area contributed by atoms with Crippen molar-refractivity contribution in [2.24, 2.45) is 0 Å². The molecule has 2 aliphatic rings. The number of aromatic nitrogens is 1. The highest BCUT2D eigenvalue weighted by atomic mass is 79.9. The van der Waals surface area contributed by atoms with E-state index in [9.17, 15) is 5.11 Å². The molecule has 0 spiro atoms. The van der Waals surface area contributed by atoms with E-state index in [1.807, 2.05) is 42.5 Å². The number of para-hydroxylation sites is 1. The number of nitrogens with one attached hydrogen (secondary N) is 1. The summed E-state index contributed by atoms with van der Waals surface area (Å²) in [6.45, 7) is 2.23. The molecule has 1 atom stereocenters. The number of rotatable bonds is 6. The molecule has 2 aliphatic heterocycles. The molecular formula is C25H26BrN3O3. The average molecular weight is 496 g/mol. The number of aromatic hydroxyl groups is 1. The van der Waals surface area contributed by atoms with Gasteiger partial charge in [-0.3, -0.25) is 0 Å². The average Bonchev–Trinajstić information content (AvgIpc) is 3.44. The van der Waals surface area contributed by atoms with E-state index in [1.165, 1.54) is 19.4 Å². The Balaban J connectivity index is 1.51. The molecule has 0 bridgehead atoms. The summed E-state index contributed by atoms with van der Waals surface area (Å²) in [6.07, 6.45) is 3.58. The number of ether oxygens (including phenoxy) is 2. The molecule has 2 aromatic carbocycles. The van der Waals surface area contributed by atoms with Crippen molar-refractivity contribution in [2.75, 3.05) is 32.2 Å². The van der Waals surface area contributed by atoms with E-state index >= 15 is 0 Å². The number of nitrogens with zero attached hydrogens (tertiary/aromatic N) is 2. The highest BCUT2D eigenvalue weighted by Crippen LogP contribution is 2.43. The fraction of sp³-hybridized carbons (Fsp3) is 0.320. The van der Waals surface area contributed by atoms with Crippen LogP contribution in [0.15, 0.2) is 53.0 Å². The molecule has 1 unspecified atom stereocenters. The number of likely N-dealkylation sites (tertiary alicyclic amines) is 1. The van der Waals surface area contributed by atoms with Gasteiger partial charge in [0.25, 0.3) is 0 Å². The molecular weight excluding hydrogens is 470 g/mol. The molecule has 1 aromatic heterocycles. The minimum Gasteiger partial charge on any atom is -0.507 e. The number of hydrogen-bond donors (Lipinski definition) is 2. The predicted octanol–water partition coefficient (Wildman–Crippen LogP) is 5.51. The molecule has 0 saturated carbocycles. The van der Waals surface area contributed by atoms with Gasteiger partial charge in [-0.1, -0.05) is 28.1 Å². The van der Waals surface area contributed by atoms with Gasteiger partial charge in [-0.15, -0.1) is 0 Å². The normalized spacial score (nSPS) is 17.6. The molecule has 3 heterocycles. The van der Waals surface area contributed by atoms with Crippen molar-refractivity contribution in [1.82, 2.24) is 9.88 Å². The fourth-order valence-corrected chi connectivity index (χ4v) is 4.86. The monoisotopic (exact) mass is 495 g/mol. The molecule has 6 nitrogen and oxygen atoms in total. The van der Waals surface area contributed by atoms with Crippen molar-refractivity contribution >= 4 is 21.7 Å². The summed E-state index contributed by atoms with van der Waals surface area (Å²) in [5.74, 6) is 2.44. The lowest BCUT2D eigenvalue weighted by Crippen LogP contribution is -2.27. The lowest BCUT2D eigenvalue weighted by Gasteiger charge is -2.20. The summed E-state index contributed by atoms with van der Waals surface area (Å²) >= 11 is 3.51. The van der Waals surface area contributed by atoms with Crippen molar-refractivity contribution in [3.63, 3.8) is 0 Å². The van der Waals surface area contributed by atoms with E-state index in [0.717, 1.165) is 45.9 Å². The third-order valence-electron chi connectivity index (χ3n) is 6.22. The Morgan fingerprint density at radius 3 is 2.91 bits per heavy atom. The highest BCUT2D eigenvalue weighted by Gasteiger charge is 2.22. The number of hydrogen-bond acceptors (Lipinski definition) is 6. The Morgan fingerprint density at radius 1 is 1.16 bits per heavy atom. The van der Waals surface area contributed by atoms with Crippen LogP contribution in [0, 0.1) is 0 Å². The fourth-order valence-electron chi connectivity index (χ4n) is 4.50. The first kappa shape index (κ1) is 21.1. The number of phenolic OH excluding ortho intramolecular Hbond substituents is 1. The van der Waals surface area contributed by atoms with Gasteiger partial charge < -0.3 is 24.8 Å². The van der Waals surface area contributed by atoms with Crippen LogP contribution in [0.3, 0.4) is 0 Å². The van der Waals surface area contributed by atoms with Gasteiger partial charge in [-0.25, -0.2) is 4.98 Å². The van der Waals surface area contributed by atoms with Crippen molar-refractivity contribution in [3.8, 4) is 39.6 Å². The molecule has 0 radical (unpaired) electrons. The number of halogens is 1. The Hall–Kier alpha value is -2.77. The standard InChI is InChI=1S/C25H26BrN3O3/c1-29-11-3-4-18(29)9-10-27-24-13-16(19-5-2-6-23-25(19)32-15-31-23)12-21(28-24)20-14-17(26)7-8-22(20)30/h2,5-8,12-14,18,30H,3-4,9-11,15H2,1H3,(H,27,28). The summed E-state index contributed by atoms with van der Waals surface area (Å²) in [4.78, 5) is 7.26. The molecule has 1 saturated heterocycles. The van der Waals surface area contributed by atoms with Gasteiger partial charge in [0.15, 0.2) is 11.5 Å². The molecule has 3 aromatic rings. The van der Waals surface area contributed by atoms with E-state index < -0.39 is 0 Å². The van der Waals surface area contributed by atoms with Gasteiger partial charge >= 0.3 is 0 Å². The van der Waals surface area contributed by atoms with Crippen LogP contribution in [-0.2, 0) is 0 Å². The first-order chi connectivity index (χ1) is 15.6. The zero-order valence-corrected chi connectivity index (χ0v) is 19.6. The summed E-state index contributed by atoms with van der Waals surface area (Å²) in [7, 11) is 2.20.